The summed E-state index contributed by atoms with van der Waals surface area (Å²) < 4.78 is 12.9. The Labute approximate surface area is 142 Å². The van der Waals surface area contributed by atoms with Crippen LogP contribution >= 0.6 is 0 Å². The lowest BCUT2D eigenvalue weighted by Gasteiger charge is -2.37. The van der Waals surface area contributed by atoms with Crippen LogP contribution < -0.4 is 0 Å². The minimum atomic E-state index is -0.109. The van der Waals surface area contributed by atoms with Gasteiger partial charge in [-0.2, -0.15) is 0 Å². The molecule has 3 aliphatic rings. The summed E-state index contributed by atoms with van der Waals surface area (Å²) in [5.41, 5.74) is 2.13. The SMILES string of the molecule is COCC1c2nnn(CC3CC3)c2CCN1C(=O)C1CCOCC1. The first kappa shape index (κ1) is 16.0. The van der Waals surface area contributed by atoms with Crippen molar-refractivity contribution in [1.82, 2.24) is 19.9 Å². The molecule has 7 nitrogen and oxygen atoms in total. The van der Waals surface area contributed by atoms with Gasteiger partial charge in [-0.05, 0) is 31.6 Å². The van der Waals surface area contributed by atoms with Crippen molar-refractivity contribution >= 4 is 5.91 Å². The maximum absolute atomic E-state index is 13.0. The van der Waals surface area contributed by atoms with E-state index < -0.39 is 0 Å². The van der Waals surface area contributed by atoms with E-state index in [9.17, 15) is 4.79 Å². The maximum Gasteiger partial charge on any atom is 0.226 e. The molecule has 1 aromatic rings. The second-order valence-corrected chi connectivity index (χ2v) is 7.19. The molecule has 1 atom stereocenters. The van der Waals surface area contributed by atoms with Crippen LogP contribution in [0.1, 0.15) is 43.1 Å². The van der Waals surface area contributed by atoms with Crippen molar-refractivity contribution in [3.8, 4) is 0 Å². The molecule has 4 rings (SSSR count). The monoisotopic (exact) mass is 334 g/mol. The number of nitrogens with zero attached hydrogens (tertiary/aromatic N) is 4. The quantitative estimate of drug-likeness (QED) is 0.809. The van der Waals surface area contributed by atoms with Gasteiger partial charge in [0.1, 0.15) is 11.7 Å². The molecule has 1 aromatic heterocycles. The fourth-order valence-electron chi connectivity index (χ4n) is 3.85. The third kappa shape index (κ3) is 3.07. The molecule has 1 saturated heterocycles. The lowest BCUT2D eigenvalue weighted by molar-refractivity contribution is -0.143. The standard InChI is InChI=1S/C17H26N4O3/c1-23-11-15-16-14(21(19-18-16)10-12-2-3-12)4-7-20(15)17(22)13-5-8-24-9-6-13/h12-13,15H,2-11H2,1H3. The Bertz CT molecular complexity index is 593. The number of fused-ring (bicyclic) bond motifs is 1. The zero-order valence-electron chi connectivity index (χ0n) is 14.3. The van der Waals surface area contributed by atoms with Crippen molar-refractivity contribution in [2.24, 2.45) is 11.8 Å². The zero-order chi connectivity index (χ0) is 16.5. The molecule has 3 heterocycles. The summed E-state index contributed by atoms with van der Waals surface area (Å²) >= 11 is 0. The van der Waals surface area contributed by atoms with E-state index in [2.05, 4.69) is 15.0 Å². The lowest BCUT2D eigenvalue weighted by atomic mass is 9.95. The van der Waals surface area contributed by atoms with Crippen LogP contribution in [0.5, 0.6) is 0 Å². The highest BCUT2D eigenvalue weighted by Crippen LogP contribution is 2.34. The fourth-order valence-corrected chi connectivity index (χ4v) is 3.85. The number of hydrogen-bond donors (Lipinski definition) is 0. The predicted molar refractivity (Wildman–Crippen MR) is 86.3 cm³/mol. The summed E-state index contributed by atoms with van der Waals surface area (Å²) in [7, 11) is 1.68. The van der Waals surface area contributed by atoms with Gasteiger partial charge in [-0.3, -0.25) is 4.79 Å². The number of ether oxygens (including phenoxy) is 2. The number of aromatic nitrogens is 3. The van der Waals surface area contributed by atoms with Crippen LogP contribution in [0, 0.1) is 11.8 Å². The number of hydrogen-bond acceptors (Lipinski definition) is 5. The van der Waals surface area contributed by atoms with Gasteiger partial charge in [-0.15, -0.1) is 5.10 Å². The van der Waals surface area contributed by atoms with Crippen LogP contribution in [0.25, 0.3) is 0 Å². The molecule has 7 heteroatoms. The van der Waals surface area contributed by atoms with Crippen LogP contribution in [0.15, 0.2) is 0 Å². The van der Waals surface area contributed by atoms with Gasteiger partial charge in [0, 0.05) is 45.8 Å². The van der Waals surface area contributed by atoms with E-state index >= 15 is 0 Å². The van der Waals surface area contributed by atoms with Gasteiger partial charge in [-0.1, -0.05) is 5.21 Å². The molecule has 0 aromatic carbocycles. The fraction of sp³-hybridized carbons (Fsp3) is 0.824. The van der Waals surface area contributed by atoms with Gasteiger partial charge in [0.15, 0.2) is 0 Å². The Morgan fingerprint density at radius 2 is 2.08 bits per heavy atom. The third-order valence-electron chi connectivity index (χ3n) is 5.46. The minimum absolute atomic E-state index is 0.0705. The Morgan fingerprint density at radius 3 is 2.79 bits per heavy atom. The van der Waals surface area contributed by atoms with Gasteiger partial charge in [0.2, 0.25) is 5.91 Å². The van der Waals surface area contributed by atoms with E-state index in [-0.39, 0.29) is 17.9 Å². The first-order chi connectivity index (χ1) is 11.8. The van der Waals surface area contributed by atoms with Crippen LogP contribution in [-0.2, 0) is 27.2 Å². The van der Waals surface area contributed by atoms with Gasteiger partial charge in [-0.25, -0.2) is 4.68 Å². The Balaban J connectivity index is 1.55. The Morgan fingerprint density at radius 1 is 1.29 bits per heavy atom. The number of carbonyl (C=O) groups excluding carboxylic acids is 1. The highest BCUT2D eigenvalue weighted by Gasteiger charge is 2.38. The first-order valence-corrected chi connectivity index (χ1v) is 9.07. The van der Waals surface area contributed by atoms with Crippen molar-refractivity contribution in [1.29, 1.82) is 0 Å². The molecule has 1 aliphatic carbocycles. The van der Waals surface area contributed by atoms with E-state index in [1.807, 2.05) is 4.90 Å². The molecule has 0 radical (unpaired) electrons. The summed E-state index contributed by atoms with van der Waals surface area (Å²) in [6.07, 6.45) is 5.06. The largest absolute Gasteiger partial charge is 0.382 e. The lowest BCUT2D eigenvalue weighted by Crippen LogP contribution is -2.46. The molecular weight excluding hydrogens is 308 g/mol. The van der Waals surface area contributed by atoms with Crippen molar-refractivity contribution in [2.45, 2.75) is 44.7 Å². The minimum Gasteiger partial charge on any atom is -0.382 e. The van der Waals surface area contributed by atoms with E-state index in [0.717, 1.165) is 44.0 Å². The molecular formula is C17H26N4O3. The summed E-state index contributed by atoms with van der Waals surface area (Å²) in [5.74, 6) is 1.06. The summed E-state index contributed by atoms with van der Waals surface area (Å²) in [6.45, 7) is 3.54. The van der Waals surface area contributed by atoms with Crippen molar-refractivity contribution < 1.29 is 14.3 Å². The molecule has 2 aliphatic heterocycles. The van der Waals surface area contributed by atoms with E-state index in [1.54, 1.807) is 7.11 Å². The number of carbonyl (C=O) groups is 1. The van der Waals surface area contributed by atoms with Crippen LogP contribution in [0.3, 0.4) is 0 Å². The second kappa shape index (κ2) is 6.80. The molecule has 1 unspecified atom stereocenters. The number of amides is 1. The van der Waals surface area contributed by atoms with Gasteiger partial charge < -0.3 is 14.4 Å². The molecule has 1 saturated carbocycles. The van der Waals surface area contributed by atoms with E-state index in [1.165, 1.54) is 18.5 Å². The number of methoxy groups -OCH3 is 1. The van der Waals surface area contributed by atoms with Crippen molar-refractivity contribution in [3.63, 3.8) is 0 Å². The van der Waals surface area contributed by atoms with Gasteiger partial charge >= 0.3 is 0 Å². The first-order valence-electron chi connectivity index (χ1n) is 9.07. The van der Waals surface area contributed by atoms with E-state index in [0.29, 0.717) is 19.8 Å². The zero-order valence-corrected chi connectivity index (χ0v) is 14.3. The van der Waals surface area contributed by atoms with Gasteiger partial charge in [0.25, 0.3) is 0 Å². The summed E-state index contributed by atoms with van der Waals surface area (Å²) in [4.78, 5) is 15.0. The second-order valence-electron chi connectivity index (χ2n) is 7.19. The highest BCUT2D eigenvalue weighted by molar-refractivity contribution is 5.79. The van der Waals surface area contributed by atoms with Crippen LogP contribution in [0.2, 0.25) is 0 Å². The summed E-state index contributed by atoms with van der Waals surface area (Å²) in [6, 6.07) is -0.109. The topological polar surface area (TPSA) is 69.5 Å². The number of rotatable bonds is 5. The summed E-state index contributed by atoms with van der Waals surface area (Å²) in [5, 5.41) is 8.80. The normalized spacial score (nSPS) is 24.9. The van der Waals surface area contributed by atoms with Gasteiger partial charge in [0.05, 0.1) is 12.3 Å². The highest BCUT2D eigenvalue weighted by atomic mass is 16.5. The Kier molecular flexibility index (Phi) is 4.54. The molecule has 2 fully saturated rings. The van der Waals surface area contributed by atoms with E-state index in [4.69, 9.17) is 9.47 Å². The maximum atomic E-state index is 13.0. The van der Waals surface area contributed by atoms with Crippen molar-refractivity contribution in [2.75, 3.05) is 33.5 Å². The molecule has 0 spiro atoms. The molecule has 1 amide bonds. The molecule has 24 heavy (non-hydrogen) atoms. The average molecular weight is 334 g/mol. The predicted octanol–water partition coefficient (Wildman–Crippen LogP) is 1.19. The van der Waals surface area contributed by atoms with Crippen LogP contribution in [0.4, 0.5) is 0 Å². The molecule has 0 bridgehead atoms. The van der Waals surface area contributed by atoms with Crippen LogP contribution in [-0.4, -0.2) is 59.3 Å². The smallest absolute Gasteiger partial charge is 0.226 e. The average Bonchev–Trinajstić information content (AvgIpc) is 3.34. The Hall–Kier alpha value is -1.47. The molecule has 0 N–H and O–H groups in total. The molecule has 132 valence electrons. The van der Waals surface area contributed by atoms with Crippen molar-refractivity contribution in [3.05, 3.63) is 11.4 Å². The third-order valence-corrected chi connectivity index (χ3v) is 5.46.